The van der Waals surface area contributed by atoms with E-state index in [-0.39, 0.29) is 21.8 Å². The molecule has 164 valence electrons. The van der Waals surface area contributed by atoms with Gasteiger partial charge in [-0.15, -0.1) is 0 Å². The fourth-order valence-corrected chi connectivity index (χ4v) is 4.79. The zero-order valence-corrected chi connectivity index (χ0v) is 18.6. The van der Waals surface area contributed by atoms with Crippen LogP contribution in [0.5, 0.6) is 5.75 Å². The summed E-state index contributed by atoms with van der Waals surface area (Å²) in [5.41, 5.74) is -0.103. The highest BCUT2D eigenvalue weighted by Gasteiger charge is 2.24. The second-order valence-corrected chi connectivity index (χ2v) is 8.67. The second-order valence-electron chi connectivity index (χ2n) is 6.73. The van der Waals surface area contributed by atoms with Gasteiger partial charge in [0.05, 0.1) is 23.1 Å². The molecule has 0 aliphatic rings. The lowest BCUT2D eigenvalue weighted by molar-refractivity contribution is 0.102. The smallest absolute Gasteiger partial charge is 0.276 e. The molecule has 2 aromatic carbocycles. The van der Waals surface area contributed by atoms with E-state index in [0.29, 0.717) is 29.6 Å². The molecule has 3 aromatic rings. The van der Waals surface area contributed by atoms with Crippen LogP contribution in [0.15, 0.2) is 52.2 Å². The lowest BCUT2D eigenvalue weighted by Gasteiger charge is -2.19. The number of aromatic nitrogens is 2. The molecular formula is C21H24N4O5S. The minimum atomic E-state index is -3.73. The number of hydrogen-bond acceptors (Lipinski definition) is 6. The highest BCUT2D eigenvalue weighted by molar-refractivity contribution is 7.89. The van der Waals surface area contributed by atoms with Crippen molar-refractivity contribution in [3.05, 3.63) is 58.5 Å². The third kappa shape index (κ3) is 4.17. The Labute approximate surface area is 180 Å². The Bertz CT molecular complexity index is 1300. The highest BCUT2D eigenvalue weighted by atomic mass is 32.2. The quantitative estimate of drug-likeness (QED) is 0.598. The van der Waals surface area contributed by atoms with Crippen LogP contribution < -0.4 is 15.6 Å². The Balaban J connectivity index is 2.07. The van der Waals surface area contributed by atoms with E-state index < -0.39 is 15.9 Å². The number of anilines is 1. The standard InChI is InChI=1S/C21H24N4O5S/c1-5-25(6-2)31(28,29)14-11-12-18(30-4)17(13-14)22-20(26)19-15-9-7-8-10-16(15)21(27)24(3)23-19/h7-13H,5-6H2,1-4H3,(H,22,26). The Morgan fingerprint density at radius 3 is 2.39 bits per heavy atom. The Hall–Kier alpha value is -3.24. The maximum Gasteiger partial charge on any atom is 0.276 e. The first-order valence-corrected chi connectivity index (χ1v) is 11.1. The fraction of sp³-hybridized carbons (Fsp3) is 0.286. The number of hydrogen-bond donors (Lipinski definition) is 1. The van der Waals surface area contributed by atoms with Gasteiger partial charge in [0, 0.05) is 25.5 Å². The molecule has 3 rings (SSSR count). The van der Waals surface area contributed by atoms with E-state index in [0.717, 1.165) is 4.68 Å². The van der Waals surface area contributed by atoms with E-state index in [9.17, 15) is 18.0 Å². The molecule has 0 radical (unpaired) electrons. The number of aryl methyl sites for hydroxylation is 1. The third-order valence-corrected chi connectivity index (χ3v) is 6.98. The van der Waals surface area contributed by atoms with Gasteiger partial charge in [-0.3, -0.25) is 9.59 Å². The molecule has 0 fully saturated rings. The number of carbonyl (C=O) groups excluding carboxylic acids is 1. The molecule has 9 nitrogen and oxygen atoms in total. The van der Waals surface area contributed by atoms with Crippen molar-refractivity contribution < 1.29 is 17.9 Å². The molecule has 1 aromatic heterocycles. The summed E-state index contributed by atoms with van der Waals surface area (Å²) in [4.78, 5) is 25.4. The zero-order valence-electron chi connectivity index (χ0n) is 17.7. The van der Waals surface area contributed by atoms with Crippen LogP contribution in [0.3, 0.4) is 0 Å². The van der Waals surface area contributed by atoms with Gasteiger partial charge < -0.3 is 10.1 Å². The lowest BCUT2D eigenvalue weighted by atomic mass is 10.1. The van der Waals surface area contributed by atoms with Crippen LogP contribution in [-0.4, -0.2) is 48.6 Å². The summed E-state index contributed by atoms with van der Waals surface area (Å²) in [6, 6.07) is 10.9. The zero-order chi connectivity index (χ0) is 22.8. The van der Waals surface area contributed by atoms with Gasteiger partial charge in [-0.05, 0) is 24.3 Å². The van der Waals surface area contributed by atoms with Gasteiger partial charge >= 0.3 is 0 Å². The molecule has 0 saturated carbocycles. The first-order valence-electron chi connectivity index (χ1n) is 9.70. The number of amides is 1. The van der Waals surface area contributed by atoms with Crippen LogP contribution in [0, 0.1) is 0 Å². The van der Waals surface area contributed by atoms with E-state index in [1.54, 1.807) is 38.1 Å². The molecule has 0 saturated heterocycles. The van der Waals surface area contributed by atoms with Crippen molar-refractivity contribution >= 4 is 32.4 Å². The van der Waals surface area contributed by atoms with E-state index in [1.165, 1.54) is 36.7 Å². The predicted octanol–water partition coefficient (Wildman–Crippen LogP) is 2.22. The topological polar surface area (TPSA) is 111 Å². The summed E-state index contributed by atoms with van der Waals surface area (Å²) in [6.07, 6.45) is 0. The minimum Gasteiger partial charge on any atom is -0.495 e. The number of fused-ring (bicyclic) bond motifs is 1. The van der Waals surface area contributed by atoms with E-state index in [2.05, 4.69) is 10.4 Å². The van der Waals surface area contributed by atoms with Crippen molar-refractivity contribution in [1.82, 2.24) is 14.1 Å². The average molecular weight is 445 g/mol. The third-order valence-electron chi connectivity index (χ3n) is 4.93. The van der Waals surface area contributed by atoms with E-state index in [1.807, 2.05) is 0 Å². The molecule has 0 aliphatic carbocycles. The van der Waals surface area contributed by atoms with Crippen molar-refractivity contribution in [2.45, 2.75) is 18.7 Å². The number of rotatable bonds is 7. The largest absolute Gasteiger partial charge is 0.495 e. The second kappa shape index (κ2) is 8.86. The van der Waals surface area contributed by atoms with Gasteiger partial charge in [-0.2, -0.15) is 9.40 Å². The summed E-state index contributed by atoms with van der Waals surface area (Å²) in [5.74, 6) is -0.302. The maximum absolute atomic E-state index is 13.1. The molecule has 1 heterocycles. The van der Waals surface area contributed by atoms with Gasteiger partial charge in [0.2, 0.25) is 10.0 Å². The van der Waals surface area contributed by atoms with Crippen molar-refractivity contribution in [1.29, 1.82) is 0 Å². The molecule has 31 heavy (non-hydrogen) atoms. The van der Waals surface area contributed by atoms with Gasteiger partial charge in [0.15, 0.2) is 5.69 Å². The summed E-state index contributed by atoms with van der Waals surface area (Å²) in [5, 5.41) is 7.54. The number of methoxy groups -OCH3 is 1. The monoisotopic (exact) mass is 444 g/mol. The molecule has 0 unspecified atom stereocenters. The van der Waals surface area contributed by atoms with Crippen molar-refractivity contribution in [2.75, 3.05) is 25.5 Å². The van der Waals surface area contributed by atoms with E-state index in [4.69, 9.17) is 4.74 Å². The molecule has 0 bridgehead atoms. The molecule has 1 amide bonds. The molecule has 0 aliphatic heterocycles. The van der Waals surface area contributed by atoms with Crippen LogP contribution in [0.2, 0.25) is 0 Å². The van der Waals surface area contributed by atoms with Crippen LogP contribution in [-0.2, 0) is 17.1 Å². The van der Waals surface area contributed by atoms with Crippen molar-refractivity contribution in [3.63, 3.8) is 0 Å². The normalized spacial score (nSPS) is 11.6. The molecule has 0 atom stereocenters. The van der Waals surface area contributed by atoms with E-state index >= 15 is 0 Å². The summed E-state index contributed by atoms with van der Waals surface area (Å²) in [7, 11) is -0.849. The van der Waals surface area contributed by atoms with Gasteiger partial charge in [-0.1, -0.05) is 32.0 Å². The SMILES string of the molecule is CCN(CC)S(=O)(=O)c1ccc(OC)c(NC(=O)c2nn(C)c(=O)c3ccccc23)c1. The maximum atomic E-state index is 13.1. The summed E-state index contributed by atoms with van der Waals surface area (Å²) in [6.45, 7) is 4.15. The highest BCUT2D eigenvalue weighted by Crippen LogP contribution is 2.29. The first kappa shape index (κ1) is 22.4. The Morgan fingerprint density at radius 2 is 1.77 bits per heavy atom. The van der Waals surface area contributed by atoms with Gasteiger partial charge in [0.25, 0.3) is 11.5 Å². The number of carbonyl (C=O) groups is 1. The predicted molar refractivity (Wildman–Crippen MR) is 118 cm³/mol. The lowest BCUT2D eigenvalue weighted by Crippen LogP contribution is -2.30. The molecular weight excluding hydrogens is 420 g/mol. The number of ether oxygens (including phenoxy) is 1. The van der Waals surface area contributed by atoms with Crippen LogP contribution >= 0.6 is 0 Å². The van der Waals surface area contributed by atoms with Gasteiger partial charge in [-0.25, -0.2) is 13.1 Å². The summed E-state index contributed by atoms with van der Waals surface area (Å²) < 4.78 is 33.5. The van der Waals surface area contributed by atoms with Crippen molar-refractivity contribution in [2.24, 2.45) is 7.05 Å². The molecule has 0 spiro atoms. The summed E-state index contributed by atoms with van der Waals surface area (Å²) >= 11 is 0. The molecule has 10 heteroatoms. The number of sulfonamides is 1. The first-order chi connectivity index (χ1) is 14.7. The number of benzene rings is 2. The van der Waals surface area contributed by atoms with Gasteiger partial charge in [0.1, 0.15) is 5.75 Å². The van der Waals surface area contributed by atoms with Crippen LogP contribution in [0.4, 0.5) is 5.69 Å². The molecule has 1 N–H and O–H groups in total. The minimum absolute atomic E-state index is 0.0329. The van der Waals surface area contributed by atoms with Crippen molar-refractivity contribution in [3.8, 4) is 5.75 Å². The average Bonchev–Trinajstić information content (AvgIpc) is 2.76. The fourth-order valence-electron chi connectivity index (χ4n) is 3.31. The van der Waals surface area contributed by atoms with Crippen LogP contribution in [0.1, 0.15) is 24.3 Å². The number of nitrogens with one attached hydrogen (secondary N) is 1. The Morgan fingerprint density at radius 1 is 1.13 bits per heavy atom. The number of nitrogens with zero attached hydrogens (tertiary/aromatic N) is 3. The Kier molecular flexibility index (Phi) is 6.42. The van der Waals surface area contributed by atoms with Crippen LogP contribution in [0.25, 0.3) is 10.8 Å².